The maximum Gasteiger partial charge on any atom is 0.416 e. The van der Waals surface area contributed by atoms with E-state index in [1.54, 1.807) is 12.1 Å². The van der Waals surface area contributed by atoms with Crippen molar-refractivity contribution >= 4 is 17.3 Å². The smallest absolute Gasteiger partial charge is 0.416 e. The molecular formula is C23H28F3NO3S. The third-order valence-corrected chi connectivity index (χ3v) is 6.93. The highest BCUT2D eigenvalue weighted by molar-refractivity contribution is 7.13. The van der Waals surface area contributed by atoms with Crippen LogP contribution in [-0.4, -0.2) is 46.3 Å². The van der Waals surface area contributed by atoms with Crippen LogP contribution in [0, 0.1) is 0 Å². The summed E-state index contributed by atoms with van der Waals surface area (Å²) in [6.45, 7) is 1.94. The van der Waals surface area contributed by atoms with Crippen molar-refractivity contribution in [2.24, 2.45) is 0 Å². The number of alkyl halides is 3. The Morgan fingerprint density at radius 1 is 1.26 bits per heavy atom. The number of hydrogen-bond acceptors (Lipinski definition) is 4. The molecule has 0 amide bonds. The largest absolute Gasteiger partial charge is 0.477 e. The minimum absolute atomic E-state index is 0.223. The first-order valence-corrected chi connectivity index (χ1v) is 11.4. The van der Waals surface area contributed by atoms with Gasteiger partial charge in [-0.25, -0.2) is 4.79 Å². The summed E-state index contributed by atoms with van der Waals surface area (Å²) in [5, 5.41) is 19.4. The SMILES string of the molecule is O=C(O)c1ccc(CCCN2CCC[C@@H]2CC[C@@H](O)Cc2cccc(C(F)(F)F)c2)s1. The van der Waals surface area contributed by atoms with Crippen LogP contribution in [0.5, 0.6) is 0 Å². The number of thiophene rings is 1. The van der Waals surface area contributed by atoms with E-state index in [0.717, 1.165) is 62.2 Å². The van der Waals surface area contributed by atoms with Gasteiger partial charge in [0.2, 0.25) is 0 Å². The molecule has 0 unspecified atom stereocenters. The second kappa shape index (κ2) is 10.6. The molecule has 1 saturated heterocycles. The molecule has 170 valence electrons. The molecule has 4 nitrogen and oxygen atoms in total. The van der Waals surface area contributed by atoms with E-state index in [-0.39, 0.29) is 6.42 Å². The number of likely N-dealkylation sites (tertiary alicyclic amines) is 1. The number of carbonyl (C=O) groups is 1. The molecule has 2 N–H and O–H groups in total. The van der Waals surface area contributed by atoms with Crippen LogP contribution in [0.2, 0.25) is 0 Å². The number of aliphatic hydroxyl groups excluding tert-OH is 1. The van der Waals surface area contributed by atoms with Gasteiger partial charge < -0.3 is 15.1 Å². The predicted octanol–water partition coefficient (Wildman–Crippen LogP) is 5.25. The number of aliphatic hydroxyl groups is 1. The second-order valence-corrected chi connectivity index (χ2v) is 9.31. The molecule has 0 aliphatic carbocycles. The monoisotopic (exact) mass is 455 g/mol. The van der Waals surface area contributed by atoms with Crippen LogP contribution in [0.1, 0.15) is 57.8 Å². The minimum Gasteiger partial charge on any atom is -0.477 e. The topological polar surface area (TPSA) is 60.8 Å². The number of halogens is 3. The highest BCUT2D eigenvalue weighted by Gasteiger charge is 2.30. The normalized spacial score (nSPS) is 18.4. The van der Waals surface area contributed by atoms with Crippen LogP contribution in [0.3, 0.4) is 0 Å². The number of benzene rings is 1. The summed E-state index contributed by atoms with van der Waals surface area (Å²) in [5.74, 6) is -0.889. The molecule has 1 aromatic carbocycles. The van der Waals surface area contributed by atoms with Gasteiger partial charge in [0.25, 0.3) is 0 Å². The highest BCUT2D eigenvalue weighted by atomic mass is 32.1. The Hall–Kier alpha value is -1.90. The van der Waals surface area contributed by atoms with E-state index in [9.17, 15) is 23.1 Å². The Bertz CT molecular complexity index is 868. The summed E-state index contributed by atoms with van der Waals surface area (Å²) < 4.78 is 38.6. The first-order chi connectivity index (χ1) is 14.7. The summed E-state index contributed by atoms with van der Waals surface area (Å²) in [6, 6.07) is 9.08. The Morgan fingerprint density at radius 3 is 2.77 bits per heavy atom. The number of nitrogens with zero attached hydrogens (tertiary/aromatic N) is 1. The Balaban J connectivity index is 1.42. The summed E-state index contributed by atoms with van der Waals surface area (Å²) >= 11 is 1.32. The van der Waals surface area contributed by atoms with E-state index in [2.05, 4.69) is 4.90 Å². The van der Waals surface area contributed by atoms with Gasteiger partial charge in [0.15, 0.2) is 0 Å². The van der Waals surface area contributed by atoms with Gasteiger partial charge in [0.05, 0.1) is 11.7 Å². The Kier molecular flexibility index (Phi) is 8.13. The van der Waals surface area contributed by atoms with Crippen molar-refractivity contribution in [3.05, 3.63) is 57.3 Å². The minimum atomic E-state index is -4.37. The maximum absolute atomic E-state index is 12.9. The lowest BCUT2D eigenvalue weighted by Crippen LogP contribution is -2.31. The van der Waals surface area contributed by atoms with E-state index < -0.39 is 23.8 Å². The molecule has 1 aromatic heterocycles. The van der Waals surface area contributed by atoms with Crippen molar-refractivity contribution in [3.8, 4) is 0 Å². The zero-order chi connectivity index (χ0) is 22.4. The third kappa shape index (κ3) is 7.05. The molecule has 1 fully saturated rings. The summed E-state index contributed by atoms with van der Waals surface area (Å²) in [6.07, 6.45) is 0.542. The fourth-order valence-electron chi connectivity index (χ4n) is 4.23. The average molecular weight is 456 g/mol. The summed E-state index contributed by atoms with van der Waals surface area (Å²) in [4.78, 5) is 14.8. The van der Waals surface area contributed by atoms with Crippen LogP contribution in [0.25, 0.3) is 0 Å². The van der Waals surface area contributed by atoms with Crippen molar-refractivity contribution in [3.63, 3.8) is 0 Å². The fraction of sp³-hybridized carbons (Fsp3) is 0.522. The first-order valence-electron chi connectivity index (χ1n) is 10.6. The number of rotatable bonds is 10. The molecule has 2 aromatic rings. The number of carboxylic acid groups (broad SMARTS) is 1. The van der Waals surface area contributed by atoms with Gasteiger partial charge in [0.1, 0.15) is 4.88 Å². The standard InChI is InChI=1S/C23H28F3NO3S/c24-23(25,26)17-5-1-4-16(14-17)15-19(28)9-8-18-6-2-12-27(18)13-3-7-20-10-11-21(31-20)22(29)30/h1,4-5,10-11,14,18-19,28H,2-3,6-9,12-13,15H2,(H,29,30)/t18-,19-/m1/s1. The quantitative estimate of drug-likeness (QED) is 0.514. The lowest BCUT2D eigenvalue weighted by atomic mass is 9.99. The molecule has 0 saturated carbocycles. The van der Waals surface area contributed by atoms with E-state index in [1.807, 2.05) is 6.07 Å². The van der Waals surface area contributed by atoms with Gasteiger partial charge >= 0.3 is 12.1 Å². The lowest BCUT2D eigenvalue weighted by molar-refractivity contribution is -0.137. The van der Waals surface area contributed by atoms with Crippen molar-refractivity contribution in [1.82, 2.24) is 4.90 Å². The maximum atomic E-state index is 12.9. The summed E-state index contributed by atoms with van der Waals surface area (Å²) in [7, 11) is 0. The van der Waals surface area contributed by atoms with Gasteiger partial charge in [-0.3, -0.25) is 0 Å². The molecule has 2 heterocycles. The molecule has 2 atom stereocenters. The molecule has 0 spiro atoms. The van der Waals surface area contributed by atoms with Crippen LogP contribution in [-0.2, 0) is 19.0 Å². The van der Waals surface area contributed by atoms with E-state index in [0.29, 0.717) is 22.9 Å². The van der Waals surface area contributed by atoms with Gasteiger partial charge in [-0.2, -0.15) is 13.2 Å². The van der Waals surface area contributed by atoms with Crippen molar-refractivity contribution in [1.29, 1.82) is 0 Å². The molecule has 0 bridgehead atoms. The number of hydrogen-bond donors (Lipinski definition) is 2. The van der Waals surface area contributed by atoms with Crippen LogP contribution in [0.15, 0.2) is 36.4 Å². The third-order valence-electron chi connectivity index (χ3n) is 5.80. The van der Waals surface area contributed by atoms with Gasteiger partial charge in [-0.15, -0.1) is 11.3 Å². The van der Waals surface area contributed by atoms with Crippen LogP contribution < -0.4 is 0 Å². The number of carboxylic acids is 1. The lowest BCUT2D eigenvalue weighted by Gasteiger charge is -2.25. The van der Waals surface area contributed by atoms with Crippen molar-refractivity contribution in [2.45, 2.75) is 63.3 Å². The van der Waals surface area contributed by atoms with E-state index in [4.69, 9.17) is 5.11 Å². The zero-order valence-corrected chi connectivity index (χ0v) is 18.1. The van der Waals surface area contributed by atoms with Gasteiger partial charge in [0, 0.05) is 10.9 Å². The summed E-state index contributed by atoms with van der Waals surface area (Å²) in [5.41, 5.74) is -0.178. The molecule has 1 aliphatic rings. The van der Waals surface area contributed by atoms with Crippen LogP contribution >= 0.6 is 11.3 Å². The Morgan fingerprint density at radius 2 is 2.06 bits per heavy atom. The molecular weight excluding hydrogens is 427 g/mol. The molecule has 0 radical (unpaired) electrons. The second-order valence-electron chi connectivity index (χ2n) is 8.14. The zero-order valence-electron chi connectivity index (χ0n) is 17.3. The number of aryl methyl sites for hydroxylation is 1. The molecule has 8 heteroatoms. The average Bonchev–Trinajstić information content (AvgIpc) is 3.36. The molecule has 1 aliphatic heterocycles. The number of aromatic carboxylic acids is 1. The van der Waals surface area contributed by atoms with Gasteiger partial charge in [-0.05, 0) is 81.8 Å². The molecule has 3 rings (SSSR count). The van der Waals surface area contributed by atoms with Crippen molar-refractivity contribution in [2.75, 3.05) is 13.1 Å². The molecule has 31 heavy (non-hydrogen) atoms. The Labute approximate surface area is 184 Å². The fourth-order valence-corrected chi connectivity index (χ4v) is 5.12. The highest BCUT2D eigenvalue weighted by Crippen LogP contribution is 2.30. The van der Waals surface area contributed by atoms with Gasteiger partial charge in [-0.1, -0.05) is 18.2 Å². The van der Waals surface area contributed by atoms with E-state index >= 15 is 0 Å². The van der Waals surface area contributed by atoms with E-state index in [1.165, 1.54) is 17.4 Å². The first kappa shape index (κ1) is 23.8. The van der Waals surface area contributed by atoms with Crippen molar-refractivity contribution < 1.29 is 28.2 Å². The van der Waals surface area contributed by atoms with Crippen LogP contribution in [0.4, 0.5) is 13.2 Å². The predicted molar refractivity (Wildman–Crippen MR) is 115 cm³/mol.